The number of amides is 2. The highest BCUT2D eigenvalue weighted by atomic mass is 16.5. The molecular formula is C23H24N4O5. The van der Waals surface area contributed by atoms with Crippen LogP contribution in [0.5, 0.6) is 5.75 Å². The van der Waals surface area contributed by atoms with Gasteiger partial charge < -0.3 is 20.5 Å². The number of anilines is 1. The number of para-hydroxylation sites is 1. The van der Waals surface area contributed by atoms with Crippen molar-refractivity contribution in [2.75, 3.05) is 18.5 Å². The number of nitrogens with zero attached hydrogens (tertiary/aromatic N) is 2. The van der Waals surface area contributed by atoms with E-state index in [2.05, 4.69) is 10.4 Å². The number of hydrogen-bond donors (Lipinski definition) is 2. The third kappa shape index (κ3) is 5.31. The number of benzene rings is 2. The van der Waals surface area contributed by atoms with Crippen molar-refractivity contribution >= 4 is 23.5 Å². The van der Waals surface area contributed by atoms with Crippen molar-refractivity contribution in [2.45, 2.75) is 20.8 Å². The van der Waals surface area contributed by atoms with E-state index in [1.165, 1.54) is 12.1 Å². The number of rotatable bonds is 8. The number of carbonyl (C=O) groups excluding carboxylic acids is 3. The lowest BCUT2D eigenvalue weighted by Crippen LogP contribution is -2.23. The number of carbonyl (C=O) groups is 3. The molecule has 0 radical (unpaired) electrons. The standard InChI is InChI=1S/C23H24N4O5/c1-14-8-10-17(11-9-14)27-16(3)22(15(2)26-27)25-21(29)13-32-23(30)18-6-4-5-7-19(18)31-12-20(24)28/h4-11H,12-13H2,1-3H3,(H2,24,28)(H,25,29). The van der Waals surface area contributed by atoms with Gasteiger partial charge in [0.15, 0.2) is 13.2 Å². The Morgan fingerprint density at radius 2 is 1.69 bits per heavy atom. The van der Waals surface area contributed by atoms with Crippen LogP contribution in [0.15, 0.2) is 48.5 Å². The molecule has 0 atom stereocenters. The minimum atomic E-state index is -0.760. The minimum Gasteiger partial charge on any atom is -0.483 e. The van der Waals surface area contributed by atoms with Crippen LogP contribution in [0.25, 0.3) is 5.69 Å². The van der Waals surface area contributed by atoms with Crippen LogP contribution in [0.2, 0.25) is 0 Å². The molecule has 0 aliphatic heterocycles. The Morgan fingerprint density at radius 1 is 1.00 bits per heavy atom. The summed E-state index contributed by atoms with van der Waals surface area (Å²) in [4.78, 5) is 35.8. The van der Waals surface area contributed by atoms with E-state index in [-0.39, 0.29) is 17.9 Å². The highest BCUT2D eigenvalue weighted by Gasteiger charge is 2.18. The van der Waals surface area contributed by atoms with E-state index in [0.717, 1.165) is 16.9 Å². The van der Waals surface area contributed by atoms with Gasteiger partial charge in [0, 0.05) is 0 Å². The topological polar surface area (TPSA) is 126 Å². The van der Waals surface area contributed by atoms with Crippen LogP contribution in [-0.4, -0.2) is 40.8 Å². The lowest BCUT2D eigenvalue weighted by Gasteiger charge is -2.11. The molecule has 32 heavy (non-hydrogen) atoms. The Balaban J connectivity index is 1.65. The van der Waals surface area contributed by atoms with Gasteiger partial charge in [0.25, 0.3) is 11.8 Å². The average Bonchev–Trinajstić information content (AvgIpc) is 3.05. The highest BCUT2D eigenvalue weighted by molar-refractivity contribution is 5.97. The lowest BCUT2D eigenvalue weighted by atomic mass is 10.2. The molecule has 3 N–H and O–H groups in total. The molecule has 0 fully saturated rings. The maximum absolute atomic E-state index is 12.4. The van der Waals surface area contributed by atoms with Crippen molar-refractivity contribution in [3.05, 3.63) is 71.0 Å². The van der Waals surface area contributed by atoms with Crippen LogP contribution in [0.3, 0.4) is 0 Å². The van der Waals surface area contributed by atoms with Gasteiger partial charge in [-0.2, -0.15) is 5.10 Å². The molecule has 0 saturated heterocycles. The second-order valence-electron chi connectivity index (χ2n) is 7.17. The number of nitrogens with two attached hydrogens (primary N) is 1. The number of esters is 1. The first-order chi connectivity index (χ1) is 15.3. The molecule has 1 heterocycles. The normalized spacial score (nSPS) is 10.5. The molecule has 9 nitrogen and oxygen atoms in total. The largest absolute Gasteiger partial charge is 0.483 e. The van der Waals surface area contributed by atoms with Crippen LogP contribution in [-0.2, 0) is 14.3 Å². The smallest absolute Gasteiger partial charge is 0.342 e. The fourth-order valence-electron chi connectivity index (χ4n) is 3.06. The first kappa shape index (κ1) is 22.5. The van der Waals surface area contributed by atoms with Gasteiger partial charge in [0.1, 0.15) is 11.3 Å². The molecule has 0 spiro atoms. The first-order valence-corrected chi connectivity index (χ1v) is 9.86. The fraction of sp³-hybridized carbons (Fsp3) is 0.217. The summed E-state index contributed by atoms with van der Waals surface area (Å²) in [5.74, 6) is -1.81. The number of primary amides is 1. The van der Waals surface area contributed by atoms with Gasteiger partial charge in [-0.05, 0) is 45.0 Å². The van der Waals surface area contributed by atoms with Crippen LogP contribution in [0.1, 0.15) is 27.3 Å². The molecule has 0 saturated carbocycles. The number of hydrogen-bond acceptors (Lipinski definition) is 6. The van der Waals surface area contributed by atoms with Crippen molar-refractivity contribution in [3.63, 3.8) is 0 Å². The van der Waals surface area contributed by atoms with Crippen molar-refractivity contribution in [3.8, 4) is 11.4 Å². The van der Waals surface area contributed by atoms with Gasteiger partial charge in [-0.25, -0.2) is 9.48 Å². The number of ether oxygens (including phenoxy) is 2. The Morgan fingerprint density at radius 3 is 2.38 bits per heavy atom. The molecule has 0 aliphatic rings. The summed E-state index contributed by atoms with van der Waals surface area (Å²) in [6.07, 6.45) is 0. The van der Waals surface area contributed by atoms with Gasteiger partial charge in [-0.3, -0.25) is 9.59 Å². The van der Waals surface area contributed by atoms with Gasteiger partial charge >= 0.3 is 5.97 Å². The van der Waals surface area contributed by atoms with E-state index >= 15 is 0 Å². The highest BCUT2D eigenvalue weighted by Crippen LogP contribution is 2.23. The summed E-state index contributed by atoms with van der Waals surface area (Å²) in [5, 5.41) is 7.24. The molecule has 166 valence electrons. The summed E-state index contributed by atoms with van der Waals surface area (Å²) in [6.45, 7) is 4.74. The summed E-state index contributed by atoms with van der Waals surface area (Å²) in [6, 6.07) is 14.1. The molecule has 0 aliphatic carbocycles. The molecule has 9 heteroatoms. The van der Waals surface area contributed by atoms with Crippen molar-refractivity contribution < 1.29 is 23.9 Å². The SMILES string of the molecule is Cc1ccc(-n2nc(C)c(NC(=O)COC(=O)c3ccccc3OCC(N)=O)c2C)cc1. The van der Waals surface area contributed by atoms with Crippen molar-refractivity contribution in [1.29, 1.82) is 0 Å². The van der Waals surface area contributed by atoms with E-state index in [1.54, 1.807) is 23.7 Å². The quantitative estimate of drug-likeness (QED) is 0.523. The maximum atomic E-state index is 12.4. The van der Waals surface area contributed by atoms with E-state index in [0.29, 0.717) is 11.4 Å². The Labute approximate surface area is 185 Å². The van der Waals surface area contributed by atoms with E-state index < -0.39 is 24.4 Å². The molecule has 2 amide bonds. The van der Waals surface area contributed by atoms with Crippen LogP contribution in [0.4, 0.5) is 5.69 Å². The Kier molecular flexibility index (Phi) is 6.89. The summed E-state index contributed by atoms with van der Waals surface area (Å²) in [7, 11) is 0. The molecule has 3 rings (SSSR count). The van der Waals surface area contributed by atoms with E-state index in [9.17, 15) is 14.4 Å². The van der Waals surface area contributed by atoms with E-state index in [1.807, 2.05) is 38.1 Å². The third-order valence-electron chi connectivity index (χ3n) is 4.65. The second-order valence-corrected chi connectivity index (χ2v) is 7.17. The van der Waals surface area contributed by atoms with Crippen molar-refractivity contribution in [2.24, 2.45) is 5.73 Å². The number of nitrogens with one attached hydrogen (secondary N) is 1. The van der Waals surface area contributed by atoms with Gasteiger partial charge in [0.2, 0.25) is 0 Å². The van der Waals surface area contributed by atoms with Crippen LogP contribution in [0, 0.1) is 20.8 Å². The number of aryl methyl sites for hydroxylation is 2. The second kappa shape index (κ2) is 9.78. The molecule has 0 bridgehead atoms. The predicted octanol–water partition coefficient (Wildman–Crippen LogP) is 2.46. The van der Waals surface area contributed by atoms with E-state index in [4.69, 9.17) is 15.2 Å². The van der Waals surface area contributed by atoms with Crippen molar-refractivity contribution in [1.82, 2.24) is 9.78 Å². The zero-order valence-electron chi connectivity index (χ0n) is 18.0. The summed E-state index contributed by atoms with van der Waals surface area (Å²) >= 11 is 0. The summed E-state index contributed by atoms with van der Waals surface area (Å²) in [5.41, 5.74) is 9.09. The zero-order chi connectivity index (χ0) is 23.3. The average molecular weight is 436 g/mol. The lowest BCUT2D eigenvalue weighted by molar-refractivity contribution is -0.120. The van der Waals surface area contributed by atoms with Gasteiger partial charge in [0.05, 0.1) is 22.8 Å². The molecule has 3 aromatic rings. The van der Waals surface area contributed by atoms with Gasteiger partial charge in [-0.15, -0.1) is 0 Å². The molecule has 0 unspecified atom stereocenters. The minimum absolute atomic E-state index is 0.0844. The first-order valence-electron chi connectivity index (χ1n) is 9.86. The molecule has 1 aromatic heterocycles. The number of aromatic nitrogens is 2. The zero-order valence-corrected chi connectivity index (χ0v) is 18.0. The molecule has 2 aromatic carbocycles. The Bertz CT molecular complexity index is 1150. The fourth-order valence-corrected chi connectivity index (χ4v) is 3.06. The predicted molar refractivity (Wildman–Crippen MR) is 118 cm³/mol. The molecular weight excluding hydrogens is 412 g/mol. The maximum Gasteiger partial charge on any atom is 0.342 e. The van der Waals surface area contributed by atoms with Crippen LogP contribution >= 0.6 is 0 Å². The van der Waals surface area contributed by atoms with Gasteiger partial charge in [-0.1, -0.05) is 29.8 Å². The monoisotopic (exact) mass is 436 g/mol. The Hall–Kier alpha value is -4.14. The van der Waals surface area contributed by atoms with Crippen LogP contribution < -0.4 is 15.8 Å². The third-order valence-corrected chi connectivity index (χ3v) is 4.65. The summed E-state index contributed by atoms with van der Waals surface area (Å²) < 4.78 is 12.1.